The Labute approximate surface area is 91.0 Å². The fourth-order valence-electron chi connectivity index (χ4n) is 1.40. The summed E-state index contributed by atoms with van der Waals surface area (Å²) in [7, 11) is 0. The maximum absolute atomic E-state index is 10.9. The molecule has 15 heavy (non-hydrogen) atoms. The van der Waals surface area contributed by atoms with Crippen LogP contribution in [0.2, 0.25) is 0 Å². The average Bonchev–Trinajstić information content (AvgIpc) is 2.71. The maximum atomic E-state index is 10.9. The van der Waals surface area contributed by atoms with E-state index in [1.807, 2.05) is 12.1 Å². The van der Waals surface area contributed by atoms with Gasteiger partial charge >= 0.3 is 5.97 Å². The van der Waals surface area contributed by atoms with Gasteiger partial charge in [0.05, 0.1) is 11.1 Å². The van der Waals surface area contributed by atoms with E-state index in [2.05, 4.69) is 4.98 Å². The molecule has 2 rings (SSSR count). The molecule has 0 aliphatic heterocycles. The van der Waals surface area contributed by atoms with Gasteiger partial charge in [0.2, 0.25) is 0 Å². The van der Waals surface area contributed by atoms with Crippen molar-refractivity contribution in [3.05, 3.63) is 52.0 Å². The SMILES string of the molecule is O=C(O)c1ccccc1Cc1cncs1. The molecular formula is C11H9NO2S. The highest BCUT2D eigenvalue weighted by atomic mass is 32.1. The number of carboxylic acids is 1. The zero-order valence-corrected chi connectivity index (χ0v) is 8.70. The van der Waals surface area contributed by atoms with E-state index in [0.717, 1.165) is 10.4 Å². The lowest BCUT2D eigenvalue weighted by molar-refractivity contribution is 0.0696. The van der Waals surface area contributed by atoms with Gasteiger partial charge in [-0.25, -0.2) is 4.79 Å². The van der Waals surface area contributed by atoms with Crippen LogP contribution >= 0.6 is 11.3 Å². The molecular weight excluding hydrogens is 210 g/mol. The van der Waals surface area contributed by atoms with E-state index in [-0.39, 0.29) is 0 Å². The van der Waals surface area contributed by atoms with Crippen LogP contribution in [0.4, 0.5) is 0 Å². The van der Waals surface area contributed by atoms with Gasteiger partial charge in [0.25, 0.3) is 0 Å². The van der Waals surface area contributed by atoms with Crippen LogP contribution in [0.15, 0.2) is 36.0 Å². The molecule has 1 heterocycles. The number of aromatic carboxylic acids is 1. The second-order valence-corrected chi connectivity index (χ2v) is 4.08. The molecule has 0 atom stereocenters. The fourth-order valence-corrected chi connectivity index (χ4v) is 2.02. The summed E-state index contributed by atoms with van der Waals surface area (Å²) >= 11 is 1.53. The molecule has 0 saturated heterocycles. The van der Waals surface area contributed by atoms with E-state index in [0.29, 0.717) is 12.0 Å². The van der Waals surface area contributed by atoms with Crippen molar-refractivity contribution in [1.82, 2.24) is 4.98 Å². The van der Waals surface area contributed by atoms with Gasteiger partial charge in [0.1, 0.15) is 0 Å². The van der Waals surface area contributed by atoms with Crippen LogP contribution in [0.1, 0.15) is 20.8 Å². The van der Waals surface area contributed by atoms with Gasteiger partial charge in [-0.1, -0.05) is 18.2 Å². The first kappa shape index (κ1) is 9.86. The number of thiazole rings is 1. The van der Waals surface area contributed by atoms with Crippen LogP contribution in [-0.2, 0) is 6.42 Å². The highest BCUT2D eigenvalue weighted by Gasteiger charge is 2.09. The van der Waals surface area contributed by atoms with Crippen molar-refractivity contribution < 1.29 is 9.90 Å². The molecule has 0 bridgehead atoms. The monoisotopic (exact) mass is 219 g/mol. The molecule has 0 unspecified atom stereocenters. The zero-order valence-electron chi connectivity index (χ0n) is 7.88. The predicted octanol–water partition coefficient (Wildman–Crippen LogP) is 2.43. The third-order valence-corrected chi connectivity index (χ3v) is 2.88. The number of carbonyl (C=O) groups is 1. The number of aromatic nitrogens is 1. The largest absolute Gasteiger partial charge is 0.478 e. The molecule has 0 spiro atoms. The molecule has 0 fully saturated rings. The lowest BCUT2D eigenvalue weighted by Gasteiger charge is -2.03. The van der Waals surface area contributed by atoms with Crippen LogP contribution in [0.25, 0.3) is 0 Å². The minimum Gasteiger partial charge on any atom is -0.478 e. The van der Waals surface area contributed by atoms with Crippen LogP contribution < -0.4 is 0 Å². The van der Waals surface area contributed by atoms with Crippen molar-refractivity contribution in [3.63, 3.8) is 0 Å². The normalized spacial score (nSPS) is 10.1. The number of hydrogen-bond acceptors (Lipinski definition) is 3. The molecule has 4 heteroatoms. The van der Waals surface area contributed by atoms with E-state index >= 15 is 0 Å². The zero-order chi connectivity index (χ0) is 10.7. The van der Waals surface area contributed by atoms with E-state index < -0.39 is 5.97 Å². The highest BCUT2D eigenvalue weighted by Crippen LogP contribution is 2.16. The van der Waals surface area contributed by atoms with Crippen LogP contribution in [0.3, 0.4) is 0 Å². The van der Waals surface area contributed by atoms with Crippen LogP contribution in [0, 0.1) is 0 Å². The quantitative estimate of drug-likeness (QED) is 0.862. The summed E-state index contributed by atoms with van der Waals surface area (Å²) in [6, 6.07) is 7.05. The first-order valence-corrected chi connectivity index (χ1v) is 5.34. The molecule has 0 radical (unpaired) electrons. The number of hydrogen-bond donors (Lipinski definition) is 1. The Bertz CT molecular complexity index is 465. The molecule has 0 aliphatic rings. The predicted molar refractivity (Wildman–Crippen MR) is 58.3 cm³/mol. The summed E-state index contributed by atoms with van der Waals surface area (Å²) in [4.78, 5) is 16.0. The minimum atomic E-state index is -0.880. The van der Waals surface area contributed by atoms with E-state index in [9.17, 15) is 4.79 Å². The molecule has 0 saturated carbocycles. The Morgan fingerprint density at radius 2 is 2.20 bits per heavy atom. The molecule has 1 aromatic carbocycles. The van der Waals surface area contributed by atoms with Gasteiger partial charge in [-0.3, -0.25) is 4.98 Å². The number of nitrogens with zero attached hydrogens (tertiary/aromatic N) is 1. The van der Waals surface area contributed by atoms with Gasteiger partial charge in [0, 0.05) is 17.5 Å². The van der Waals surface area contributed by atoms with Crippen molar-refractivity contribution in [2.24, 2.45) is 0 Å². The maximum Gasteiger partial charge on any atom is 0.335 e. The van der Waals surface area contributed by atoms with Crippen molar-refractivity contribution in [3.8, 4) is 0 Å². The van der Waals surface area contributed by atoms with Gasteiger partial charge in [-0.2, -0.15) is 0 Å². The Kier molecular flexibility index (Phi) is 2.78. The Morgan fingerprint density at radius 1 is 1.40 bits per heavy atom. The molecule has 3 nitrogen and oxygen atoms in total. The summed E-state index contributed by atoms with van der Waals surface area (Å²) < 4.78 is 0. The Hall–Kier alpha value is -1.68. The highest BCUT2D eigenvalue weighted by molar-refractivity contribution is 7.09. The molecule has 0 amide bonds. The van der Waals surface area contributed by atoms with Crippen molar-refractivity contribution in [1.29, 1.82) is 0 Å². The lowest BCUT2D eigenvalue weighted by atomic mass is 10.0. The topological polar surface area (TPSA) is 50.2 Å². The smallest absolute Gasteiger partial charge is 0.335 e. The van der Waals surface area contributed by atoms with Crippen LogP contribution in [0.5, 0.6) is 0 Å². The second kappa shape index (κ2) is 4.23. The lowest BCUT2D eigenvalue weighted by Crippen LogP contribution is -2.01. The fraction of sp³-hybridized carbons (Fsp3) is 0.0909. The Morgan fingerprint density at radius 3 is 2.87 bits per heavy atom. The van der Waals surface area contributed by atoms with E-state index in [1.165, 1.54) is 11.3 Å². The summed E-state index contributed by atoms with van der Waals surface area (Å²) in [5, 5.41) is 8.98. The van der Waals surface area contributed by atoms with Crippen molar-refractivity contribution in [2.75, 3.05) is 0 Å². The molecule has 1 N–H and O–H groups in total. The number of benzene rings is 1. The van der Waals surface area contributed by atoms with E-state index in [4.69, 9.17) is 5.11 Å². The number of rotatable bonds is 3. The third kappa shape index (κ3) is 2.22. The summed E-state index contributed by atoms with van der Waals surface area (Å²) in [6.45, 7) is 0. The van der Waals surface area contributed by atoms with Gasteiger partial charge in [-0.15, -0.1) is 11.3 Å². The summed E-state index contributed by atoms with van der Waals surface area (Å²) in [6.07, 6.45) is 2.40. The van der Waals surface area contributed by atoms with Gasteiger partial charge < -0.3 is 5.11 Å². The van der Waals surface area contributed by atoms with E-state index in [1.54, 1.807) is 23.8 Å². The van der Waals surface area contributed by atoms with Crippen LogP contribution in [-0.4, -0.2) is 16.1 Å². The summed E-state index contributed by atoms with van der Waals surface area (Å²) in [5.74, 6) is -0.880. The first-order chi connectivity index (χ1) is 7.27. The Balaban J connectivity index is 2.32. The van der Waals surface area contributed by atoms with Gasteiger partial charge in [0.15, 0.2) is 0 Å². The molecule has 2 aromatic rings. The third-order valence-electron chi connectivity index (χ3n) is 2.10. The molecule has 76 valence electrons. The average molecular weight is 219 g/mol. The number of carboxylic acid groups (broad SMARTS) is 1. The standard InChI is InChI=1S/C11H9NO2S/c13-11(14)10-4-2-1-3-8(10)5-9-6-12-7-15-9/h1-4,6-7H,5H2,(H,13,14). The molecule has 1 aromatic heterocycles. The first-order valence-electron chi connectivity index (χ1n) is 4.46. The minimum absolute atomic E-state index is 0.367. The van der Waals surface area contributed by atoms with Crippen molar-refractivity contribution >= 4 is 17.3 Å². The summed E-state index contributed by atoms with van der Waals surface area (Å²) in [5.41, 5.74) is 2.94. The molecule has 0 aliphatic carbocycles. The second-order valence-electron chi connectivity index (χ2n) is 3.11. The van der Waals surface area contributed by atoms with Gasteiger partial charge in [-0.05, 0) is 11.6 Å². The van der Waals surface area contributed by atoms with Crippen molar-refractivity contribution in [2.45, 2.75) is 6.42 Å².